The summed E-state index contributed by atoms with van der Waals surface area (Å²) in [4.78, 5) is 14.0. The van der Waals surface area contributed by atoms with Crippen molar-refractivity contribution in [3.63, 3.8) is 0 Å². The van der Waals surface area contributed by atoms with Crippen molar-refractivity contribution in [3.8, 4) is 0 Å². The molecule has 6 nitrogen and oxygen atoms in total. The zero-order chi connectivity index (χ0) is 14.3. The van der Waals surface area contributed by atoms with Crippen LogP contribution in [0.1, 0.15) is 27.2 Å². The number of carbonyl (C=O) groups is 1. The zero-order valence-electron chi connectivity index (χ0n) is 11.8. The van der Waals surface area contributed by atoms with Crippen molar-refractivity contribution in [2.45, 2.75) is 44.8 Å². The maximum atomic E-state index is 12.3. The molecule has 0 spiro atoms. The maximum absolute atomic E-state index is 12.3. The van der Waals surface area contributed by atoms with Crippen molar-refractivity contribution in [2.75, 3.05) is 24.6 Å². The van der Waals surface area contributed by atoms with Crippen LogP contribution in [0.25, 0.3) is 0 Å². The molecule has 2 saturated heterocycles. The highest BCUT2D eigenvalue weighted by atomic mass is 32.2. The Kier molecular flexibility index (Phi) is 3.79. The van der Waals surface area contributed by atoms with Gasteiger partial charge in [0.2, 0.25) is 0 Å². The highest BCUT2D eigenvalue weighted by Gasteiger charge is 2.44. The van der Waals surface area contributed by atoms with Gasteiger partial charge in [-0.3, -0.25) is 0 Å². The first-order chi connectivity index (χ1) is 8.74. The maximum Gasteiger partial charge on any atom is 0.318 e. The summed E-state index contributed by atoms with van der Waals surface area (Å²) in [5.74, 6) is 0.212. The summed E-state index contributed by atoms with van der Waals surface area (Å²) in [5.41, 5.74) is -0.269. The third kappa shape index (κ3) is 3.20. The topological polar surface area (TPSA) is 78.5 Å². The van der Waals surface area contributed by atoms with E-state index >= 15 is 0 Å². The van der Waals surface area contributed by atoms with Crippen LogP contribution in [0.3, 0.4) is 0 Å². The van der Waals surface area contributed by atoms with Crippen LogP contribution in [0.5, 0.6) is 0 Å². The number of hydrogen-bond donors (Lipinski definition) is 2. The van der Waals surface area contributed by atoms with Crippen molar-refractivity contribution >= 4 is 15.9 Å². The molecule has 110 valence electrons. The van der Waals surface area contributed by atoms with E-state index in [4.69, 9.17) is 0 Å². The summed E-state index contributed by atoms with van der Waals surface area (Å²) in [6, 6.07) is -0.499. The van der Waals surface area contributed by atoms with Gasteiger partial charge in [0.15, 0.2) is 9.84 Å². The molecule has 2 amide bonds. The second-order valence-corrected chi connectivity index (χ2v) is 8.22. The Labute approximate surface area is 114 Å². The van der Waals surface area contributed by atoms with E-state index in [9.17, 15) is 13.2 Å². The molecule has 2 N–H and O–H groups in total. The number of nitrogens with zero attached hydrogens (tertiary/aromatic N) is 1. The molecule has 2 aliphatic heterocycles. The van der Waals surface area contributed by atoms with E-state index in [1.54, 1.807) is 4.90 Å². The second kappa shape index (κ2) is 4.94. The predicted molar refractivity (Wildman–Crippen MR) is 73.8 cm³/mol. The Morgan fingerprint density at radius 2 is 2.11 bits per heavy atom. The fourth-order valence-corrected chi connectivity index (χ4v) is 4.53. The van der Waals surface area contributed by atoms with Crippen molar-refractivity contribution in [2.24, 2.45) is 0 Å². The van der Waals surface area contributed by atoms with Crippen LogP contribution in [-0.4, -0.2) is 61.6 Å². The van der Waals surface area contributed by atoms with Crippen LogP contribution < -0.4 is 10.6 Å². The fraction of sp³-hybridized carbons (Fsp3) is 0.917. The molecule has 2 fully saturated rings. The molecule has 0 aromatic rings. The van der Waals surface area contributed by atoms with E-state index in [1.165, 1.54) is 0 Å². The van der Waals surface area contributed by atoms with Crippen molar-refractivity contribution in [3.05, 3.63) is 0 Å². The summed E-state index contributed by atoms with van der Waals surface area (Å²) in [7, 11) is -3.03. The van der Waals surface area contributed by atoms with Gasteiger partial charge in [0.25, 0.3) is 0 Å². The third-order valence-electron chi connectivity index (χ3n) is 4.07. The molecule has 7 heteroatoms. The van der Waals surface area contributed by atoms with Crippen LogP contribution in [-0.2, 0) is 9.84 Å². The number of sulfone groups is 1. The van der Waals surface area contributed by atoms with Gasteiger partial charge in [-0.15, -0.1) is 0 Å². The van der Waals surface area contributed by atoms with Crippen molar-refractivity contribution in [1.82, 2.24) is 15.5 Å². The zero-order valence-corrected chi connectivity index (χ0v) is 12.6. The van der Waals surface area contributed by atoms with E-state index in [2.05, 4.69) is 10.6 Å². The minimum Gasteiger partial charge on any atom is -0.333 e. The fourth-order valence-electron chi connectivity index (χ4n) is 2.57. The lowest BCUT2D eigenvalue weighted by atomic mass is 10.0. The predicted octanol–water partition coefficient (Wildman–Crippen LogP) is -0.0446. The Hall–Kier alpha value is -0.820. The Bertz CT molecular complexity index is 461. The first kappa shape index (κ1) is 14.6. The minimum absolute atomic E-state index is 0.0740. The van der Waals surface area contributed by atoms with E-state index in [-0.39, 0.29) is 35.2 Å². The van der Waals surface area contributed by atoms with Gasteiger partial charge in [-0.1, -0.05) is 6.92 Å². The Balaban J connectivity index is 2.09. The lowest BCUT2D eigenvalue weighted by molar-refractivity contribution is 0.143. The number of fused-ring (bicyclic) bond motifs is 1. The van der Waals surface area contributed by atoms with Crippen LogP contribution in [0, 0.1) is 0 Å². The Morgan fingerprint density at radius 1 is 1.42 bits per heavy atom. The number of rotatable bonds is 2. The van der Waals surface area contributed by atoms with E-state index < -0.39 is 9.84 Å². The molecular weight excluding hydrogens is 266 g/mol. The number of hydrogen-bond acceptors (Lipinski definition) is 4. The van der Waals surface area contributed by atoms with Crippen molar-refractivity contribution in [1.29, 1.82) is 0 Å². The lowest BCUT2D eigenvalue weighted by Crippen LogP contribution is -2.62. The highest BCUT2D eigenvalue weighted by molar-refractivity contribution is 7.91. The van der Waals surface area contributed by atoms with Crippen LogP contribution >= 0.6 is 0 Å². The Morgan fingerprint density at radius 3 is 2.74 bits per heavy atom. The SMILES string of the molecule is CCC(C)(C)NC(=O)N1CCN[C@H]2CS(=O)(=O)C[C@H]21. The van der Waals surface area contributed by atoms with Gasteiger partial charge in [0.05, 0.1) is 17.5 Å². The van der Waals surface area contributed by atoms with E-state index in [0.29, 0.717) is 13.1 Å². The first-order valence-electron chi connectivity index (χ1n) is 6.77. The number of nitrogens with one attached hydrogen (secondary N) is 2. The molecule has 19 heavy (non-hydrogen) atoms. The number of amides is 2. The molecule has 2 atom stereocenters. The summed E-state index contributed by atoms with van der Waals surface area (Å²) in [5, 5.41) is 6.18. The van der Waals surface area contributed by atoms with Gasteiger partial charge in [-0.2, -0.15) is 0 Å². The van der Waals surface area contributed by atoms with Gasteiger partial charge in [-0.25, -0.2) is 13.2 Å². The van der Waals surface area contributed by atoms with Gasteiger partial charge in [0, 0.05) is 24.7 Å². The molecule has 2 heterocycles. The molecule has 2 aliphatic rings. The first-order valence-corrected chi connectivity index (χ1v) is 8.59. The van der Waals surface area contributed by atoms with E-state index in [1.807, 2.05) is 20.8 Å². The smallest absolute Gasteiger partial charge is 0.318 e. The minimum atomic E-state index is -3.03. The molecule has 0 unspecified atom stereocenters. The number of piperazine rings is 1. The molecule has 0 radical (unpaired) electrons. The molecule has 0 aliphatic carbocycles. The molecule has 0 saturated carbocycles. The van der Waals surface area contributed by atoms with Crippen LogP contribution in [0.2, 0.25) is 0 Å². The molecule has 0 aromatic carbocycles. The molecule has 2 rings (SSSR count). The third-order valence-corrected chi connectivity index (χ3v) is 5.79. The average Bonchev–Trinajstić information content (AvgIpc) is 2.61. The molecular formula is C12H23N3O3S. The normalized spacial score (nSPS) is 29.9. The lowest BCUT2D eigenvalue weighted by Gasteiger charge is -2.39. The standard InChI is InChI=1S/C12H23N3O3S/c1-4-12(2,3)14-11(16)15-6-5-13-9-7-19(17,18)8-10(9)15/h9-10,13H,4-8H2,1-3H3,(H,14,16)/t9-,10+/m0/s1. The number of urea groups is 1. The highest BCUT2D eigenvalue weighted by Crippen LogP contribution is 2.22. The van der Waals surface area contributed by atoms with Gasteiger partial charge >= 0.3 is 6.03 Å². The summed E-state index contributed by atoms with van der Waals surface area (Å²) in [6.45, 7) is 7.16. The summed E-state index contributed by atoms with van der Waals surface area (Å²) in [6.07, 6.45) is 0.831. The van der Waals surface area contributed by atoms with E-state index in [0.717, 1.165) is 6.42 Å². The van der Waals surface area contributed by atoms with Gasteiger partial charge in [0.1, 0.15) is 0 Å². The second-order valence-electron chi connectivity index (χ2n) is 6.07. The monoisotopic (exact) mass is 289 g/mol. The largest absolute Gasteiger partial charge is 0.333 e. The number of carbonyl (C=O) groups excluding carboxylic acids is 1. The van der Waals surface area contributed by atoms with Gasteiger partial charge < -0.3 is 15.5 Å². The van der Waals surface area contributed by atoms with Gasteiger partial charge in [-0.05, 0) is 20.3 Å². The quantitative estimate of drug-likeness (QED) is 0.747. The van der Waals surface area contributed by atoms with Crippen LogP contribution in [0.15, 0.2) is 0 Å². The average molecular weight is 289 g/mol. The summed E-state index contributed by atoms with van der Waals surface area (Å²) >= 11 is 0. The molecule has 0 aromatic heterocycles. The molecule has 0 bridgehead atoms. The van der Waals surface area contributed by atoms with Crippen LogP contribution in [0.4, 0.5) is 4.79 Å². The summed E-state index contributed by atoms with van der Waals surface area (Å²) < 4.78 is 23.4. The van der Waals surface area contributed by atoms with Crippen molar-refractivity contribution < 1.29 is 13.2 Å².